The maximum Gasteiger partial charge on any atom is 0.0939 e. The Morgan fingerprint density at radius 1 is 1.11 bits per heavy atom. The molecule has 1 aliphatic carbocycles. The number of ether oxygens (including phenoxy) is 2. The van der Waals surface area contributed by atoms with E-state index in [0.29, 0.717) is 6.61 Å². The van der Waals surface area contributed by atoms with Gasteiger partial charge in [0.25, 0.3) is 0 Å². The molecule has 1 fully saturated rings. The van der Waals surface area contributed by atoms with Gasteiger partial charge in [-0.15, -0.1) is 0 Å². The molecular weight excluding hydrogens is 228 g/mol. The molecule has 0 heterocycles. The van der Waals surface area contributed by atoms with Crippen LogP contribution in [0.5, 0.6) is 0 Å². The van der Waals surface area contributed by atoms with E-state index in [-0.39, 0.29) is 11.7 Å². The minimum Gasteiger partial charge on any atom is -0.390 e. The van der Waals surface area contributed by atoms with E-state index in [4.69, 9.17) is 9.47 Å². The van der Waals surface area contributed by atoms with E-state index in [1.54, 1.807) is 7.11 Å². The number of aliphatic hydroxyl groups excluding tert-OH is 1. The van der Waals surface area contributed by atoms with E-state index < -0.39 is 0 Å². The van der Waals surface area contributed by atoms with Crippen molar-refractivity contribution in [2.24, 2.45) is 0 Å². The van der Waals surface area contributed by atoms with Gasteiger partial charge in [-0.2, -0.15) is 0 Å². The van der Waals surface area contributed by atoms with E-state index in [2.05, 4.69) is 0 Å². The summed E-state index contributed by atoms with van der Waals surface area (Å²) in [7, 11) is 1.73. The molecule has 0 aromatic heterocycles. The molecule has 0 saturated heterocycles. The molecular formula is C15H30O3. The third-order valence-corrected chi connectivity index (χ3v) is 4.07. The van der Waals surface area contributed by atoms with Crippen LogP contribution in [0.4, 0.5) is 0 Å². The Hall–Kier alpha value is -0.120. The van der Waals surface area contributed by atoms with Gasteiger partial charge in [-0.1, -0.05) is 25.7 Å². The molecule has 0 amide bonds. The smallest absolute Gasteiger partial charge is 0.0939 e. The summed E-state index contributed by atoms with van der Waals surface area (Å²) in [4.78, 5) is 0. The second kappa shape index (κ2) is 8.89. The Morgan fingerprint density at radius 3 is 2.33 bits per heavy atom. The van der Waals surface area contributed by atoms with Crippen molar-refractivity contribution in [2.45, 2.75) is 76.4 Å². The molecule has 3 heteroatoms. The molecule has 0 bridgehead atoms. The molecule has 0 radical (unpaired) electrons. The van der Waals surface area contributed by atoms with Gasteiger partial charge in [0.1, 0.15) is 0 Å². The van der Waals surface area contributed by atoms with Gasteiger partial charge < -0.3 is 14.6 Å². The zero-order valence-corrected chi connectivity index (χ0v) is 12.1. The molecule has 1 rings (SSSR count). The normalized spacial score (nSPS) is 21.5. The molecule has 0 aliphatic heterocycles. The van der Waals surface area contributed by atoms with Crippen LogP contribution in [-0.2, 0) is 9.47 Å². The van der Waals surface area contributed by atoms with Crippen LogP contribution in [0.15, 0.2) is 0 Å². The molecule has 0 spiro atoms. The van der Waals surface area contributed by atoms with Gasteiger partial charge in [0, 0.05) is 20.3 Å². The average Bonchev–Trinajstić information content (AvgIpc) is 2.61. The molecule has 1 saturated carbocycles. The van der Waals surface area contributed by atoms with Gasteiger partial charge in [0.15, 0.2) is 0 Å². The molecule has 108 valence electrons. The van der Waals surface area contributed by atoms with Gasteiger partial charge in [0.2, 0.25) is 0 Å². The van der Waals surface area contributed by atoms with Crippen molar-refractivity contribution in [3.63, 3.8) is 0 Å². The number of aliphatic hydroxyl groups is 1. The van der Waals surface area contributed by atoms with E-state index in [0.717, 1.165) is 38.7 Å². The number of rotatable bonds is 8. The number of unbranched alkanes of at least 4 members (excludes halogenated alkanes) is 1. The lowest BCUT2D eigenvalue weighted by Crippen LogP contribution is -2.44. The van der Waals surface area contributed by atoms with Crippen LogP contribution in [0.2, 0.25) is 0 Å². The topological polar surface area (TPSA) is 38.7 Å². The van der Waals surface area contributed by atoms with Crippen LogP contribution in [0.25, 0.3) is 0 Å². The Morgan fingerprint density at radius 2 is 1.78 bits per heavy atom. The van der Waals surface area contributed by atoms with Crippen LogP contribution in [0.3, 0.4) is 0 Å². The quantitative estimate of drug-likeness (QED) is 0.536. The predicted molar refractivity (Wildman–Crippen MR) is 73.8 cm³/mol. The highest BCUT2D eigenvalue weighted by Crippen LogP contribution is 2.35. The van der Waals surface area contributed by atoms with Crippen molar-refractivity contribution in [2.75, 3.05) is 20.3 Å². The van der Waals surface area contributed by atoms with Gasteiger partial charge in [-0.25, -0.2) is 0 Å². The third kappa shape index (κ3) is 4.87. The van der Waals surface area contributed by atoms with Crippen molar-refractivity contribution >= 4 is 0 Å². The Bertz CT molecular complexity index is 198. The highest BCUT2D eigenvalue weighted by Gasteiger charge is 2.38. The molecule has 3 nitrogen and oxygen atoms in total. The minimum atomic E-state index is -0.313. The van der Waals surface area contributed by atoms with Gasteiger partial charge in [0.05, 0.1) is 11.7 Å². The van der Waals surface area contributed by atoms with Crippen molar-refractivity contribution in [3.05, 3.63) is 0 Å². The molecule has 1 N–H and O–H groups in total. The summed E-state index contributed by atoms with van der Waals surface area (Å²) in [6.45, 7) is 3.52. The zero-order chi connectivity index (χ0) is 13.3. The Balaban J connectivity index is 2.47. The average molecular weight is 258 g/mol. The summed E-state index contributed by atoms with van der Waals surface area (Å²) >= 11 is 0. The SMILES string of the molecule is CCOC1(C(O)CCCCOC)CCCCCC1. The fourth-order valence-electron chi connectivity index (χ4n) is 3.04. The van der Waals surface area contributed by atoms with Gasteiger partial charge in [-0.3, -0.25) is 0 Å². The van der Waals surface area contributed by atoms with E-state index >= 15 is 0 Å². The molecule has 0 aromatic rings. The molecule has 18 heavy (non-hydrogen) atoms. The molecule has 1 aliphatic rings. The number of hydrogen-bond donors (Lipinski definition) is 1. The lowest BCUT2D eigenvalue weighted by Gasteiger charge is -2.37. The first-order valence-corrected chi connectivity index (χ1v) is 7.56. The summed E-state index contributed by atoms with van der Waals surface area (Å²) in [5.41, 5.74) is -0.266. The van der Waals surface area contributed by atoms with Crippen LogP contribution in [0.1, 0.15) is 64.7 Å². The fourth-order valence-corrected chi connectivity index (χ4v) is 3.04. The van der Waals surface area contributed by atoms with Crippen molar-refractivity contribution in [1.82, 2.24) is 0 Å². The van der Waals surface area contributed by atoms with Crippen LogP contribution in [0, 0.1) is 0 Å². The lowest BCUT2D eigenvalue weighted by atomic mass is 9.85. The minimum absolute atomic E-state index is 0.266. The summed E-state index contributed by atoms with van der Waals surface area (Å²) in [6, 6.07) is 0. The van der Waals surface area contributed by atoms with Crippen molar-refractivity contribution < 1.29 is 14.6 Å². The standard InChI is InChI=1S/C15H30O3/c1-3-18-15(11-7-4-5-8-12-15)14(16)10-6-9-13-17-2/h14,16H,3-13H2,1-2H3. The zero-order valence-electron chi connectivity index (χ0n) is 12.1. The summed E-state index contributed by atoms with van der Waals surface area (Å²) in [5, 5.41) is 10.5. The fraction of sp³-hybridized carbons (Fsp3) is 1.00. The number of hydrogen-bond acceptors (Lipinski definition) is 3. The van der Waals surface area contributed by atoms with Crippen LogP contribution < -0.4 is 0 Å². The van der Waals surface area contributed by atoms with Crippen molar-refractivity contribution in [1.29, 1.82) is 0 Å². The van der Waals surface area contributed by atoms with Crippen LogP contribution in [-0.4, -0.2) is 37.1 Å². The molecule has 1 unspecified atom stereocenters. The Labute approximate surface area is 112 Å². The molecule has 0 aromatic carbocycles. The maximum absolute atomic E-state index is 10.5. The second-order valence-electron chi connectivity index (χ2n) is 5.42. The first kappa shape index (κ1) is 15.9. The third-order valence-electron chi connectivity index (χ3n) is 4.07. The maximum atomic E-state index is 10.5. The van der Waals surface area contributed by atoms with Crippen molar-refractivity contribution in [3.8, 4) is 0 Å². The lowest BCUT2D eigenvalue weighted by molar-refractivity contribution is -0.131. The first-order valence-electron chi connectivity index (χ1n) is 7.56. The number of methoxy groups -OCH3 is 1. The summed E-state index contributed by atoms with van der Waals surface area (Å²) in [6.07, 6.45) is 9.55. The van der Waals surface area contributed by atoms with E-state index in [1.807, 2.05) is 6.92 Å². The largest absolute Gasteiger partial charge is 0.390 e. The Kier molecular flexibility index (Phi) is 7.87. The highest BCUT2D eigenvalue weighted by atomic mass is 16.5. The highest BCUT2D eigenvalue weighted by molar-refractivity contribution is 4.90. The summed E-state index contributed by atoms with van der Waals surface area (Å²) in [5.74, 6) is 0. The van der Waals surface area contributed by atoms with Crippen LogP contribution >= 0.6 is 0 Å². The second-order valence-corrected chi connectivity index (χ2v) is 5.42. The predicted octanol–water partition coefficient (Wildman–Crippen LogP) is 3.29. The molecule has 1 atom stereocenters. The summed E-state index contributed by atoms with van der Waals surface area (Å²) < 4.78 is 11.0. The van der Waals surface area contributed by atoms with Gasteiger partial charge >= 0.3 is 0 Å². The first-order chi connectivity index (χ1) is 8.75. The van der Waals surface area contributed by atoms with E-state index in [9.17, 15) is 5.11 Å². The van der Waals surface area contributed by atoms with E-state index in [1.165, 1.54) is 25.7 Å². The van der Waals surface area contributed by atoms with Gasteiger partial charge in [-0.05, 0) is 39.0 Å². The monoisotopic (exact) mass is 258 g/mol.